The third kappa shape index (κ3) is 2.96. The normalized spacial score (nSPS) is 10.6. The van der Waals surface area contributed by atoms with Crippen molar-refractivity contribution >= 4 is 17.3 Å². The van der Waals surface area contributed by atoms with Gasteiger partial charge in [0, 0.05) is 5.69 Å². The van der Waals surface area contributed by atoms with Gasteiger partial charge in [0.25, 0.3) is 5.91 Å². The van der Waals surface area contributed by atoms with E-state index in [4.69, 9.17) is 5.73 Å². The molecule has 20 heavy (non-hydrogen) atoms. The van der Waals surface area contributed by atoms with Crippen LogP contribution < -0.4 is 11.1 Å². The lowest BCUT2D eigenvalue weighted by Crippen LogP contribution is -2.14. The smallest absolute Gasteiger partial charge is 0.278 e. The first kappa shape index (κ1) is 14.0. The summed E-state index contributed by atoms with van der Waals surface area (Å²) in [4.78, 5) is 12.1. The van der Waals surface area contributed by atoms with E-state index in [0.717, 1.165) is 24.1 Å². The van der Waals surface area contributed by atoms with E-state index in [9.17, 15) is 9.18 Å². The van der Waals surface area contributed by atoms with Gasteiger partial charge in [0.05, 0.1) is 11.4 Å². The summed E-state index contributed by atoms with van der Waals surface area (Å²) < 4.78 is 13.3. The number of halogens is 1. The molecular formula is C14H17FN4O. The third-order valence-electron chi connectivity index (χ3n) is 2.90. The van der Waals surface area contributed by atoms with Crippen LogP contribution in [0.3, 0.4) is 0 Å². The van der Waals surface area contributed by atoms with Crippen LogP contribution in [0.1, 0.15) is 35.1 Å². The fourth-order valence-electron chi connectivity index (χ4n) is 2.00. The first-order chi connectivity index (χ1) is 9.51. The van der Waals surface area contributed by atoms with Crippen LogP contribution in [0, 0.1) is 12.7 Å². The Morgan fingerprint density at radius 2 is 2.20 bits per heavy atom. The summed E-state index contributed by atoms with van der Waals surface area (Å²) in [6.07, 6.45) is 1.63. The van der Waals surface area contributed by atoms with Gasteiger partial charge in [-0.05, 0) is 37.1 Å². The quantitative estimate of drug-likeness (QED) is 0.802. The summed E-state index contributed by atoms with van der Waals surface area (Å²) in [6.45, 7) is 3.76. The van der Waals surface area contributed by atoms with Crippen molar-refractivity contribution < 1.29 is 9.18 Å². The van der Waals surface area contributed by atoms with Crippen molar-refractivity contribution in [2.24, 2.45) is 0 Å². The van der Waals surface area contributed by atoms with Gasteiger partial charge < -0.3 is 11.1 Å². The van der Waals surface area contributed by atoms with Crippen molar-refractivity contribution in [3.8, 4) is 0 Å². The summed E-state index contributed by atoms with van der Waals surface area (Å²) in [5.74, 6) is -0.854. The Hall–Kier alpha value is -2.37. The first-order valence-corrected chi connectivity index (χ1v) is 6.42. The maximum absolute atomic E-state index is 13.3. The van der Waals surface area contributed by atoms with Gasteiger partial charge in [-0.1, -0.05) is 13.3 Å². The molecule has 5 nitrogen and oxygen atoms in total. The number of hydrogen-bond donors (Lipinski definition) is 3. The van der Waals surface area contributed by atoms with Crippen molar-refractivity contribution in [2.45, 2.75) is 26.7 Å². The van der Waals surface area contributed by atoms with Gasteiger partial charge in [0.1, 0.15) is 5.82 Å². The molecule has 0 saturated heterocycles. The lowest BCUT2D eigenvalue weighted by molar-refractivity contribution is 0.102. The van der Waals surface area contributed by atoms with E-state index in [1.807, 2.05) is 6.92 Å². The van der Waals surface area contributed by atoms with Gasteiger partial charge in [0.15, 0.2) is 5.69 Å². The maximum Gasteiger partial charge on any atom is 0.278 e. The van der Waals surface area contributed by atoms with Crippen molar-refractivity contribution in [1.29, 1.82) is 0 Å². The molecule has 1 heterocycles. The minimum atomic E-state index is -0.453. The number of amides is 1. The molecule has 0 spiro atoms. The van der Waals surface area contributed by atoms with Gasteiger partial charge >= 0.3 is 0 Å². The van der Waals surface area contributed by atoms with Crippen LogP contribution in [0.4, 0.5) is 15.8 Å². The first-order valence-electron chi connectivity index (χ1n) is 6.42. The number of aromatic amines is 1. The second-order valence-electron chi connectivity index (χ2n) is 4.69. The molecule has 6 heteroatoms. The number of nitrogens with zero attached hydrogens (tertiary/aromatic N) is 1. The van der Waals surface area contributed by atoms with Crippen LogP contribution >= 0.6 is 0 Å². The molecule has 4 N–H and O–H groups in total. The fourth-order valence-corrected chi connectivity index (χ4v) is 2.00. The number of nitrogens with one attached hydrogen (secondary N) is 2. The van der Waals surface area contributed by atoms with E-state index < -0.39 is 11.7 Å². The lowest BCUT2D eigenvalue weighted by atomic mass is 10.2. The maximum atomic E-state index is 13.3. The second kappa shape index (κ2) is 5.73. The van der Waals surface area contributed by atoms with Crippen LogP contribution in [0.15, 0.2) is 18.2 Å². The van der Waals surface area contributed by atoms with Crippen molar-refractivity contribution in [3.63, 3.8) is 0 Å². The molecule has 106 valence electrons. The molecule has 0 aliphatic rings. The Morgan fingerprint density at radius 1 is 1.45 bits per heavy atom. The van der Waals surface area contributed by atoms with Gasteiger partial charge in [-0.3, -0.25) is 9.89 Å². The zero-order valence-electron chi connectivity index (χ0n) is 11.5. The largest absolute Gasteiger partial charge is 0.395 e. The molecule has 1 amide bonds. The summed E-state index contributed by atoms with van der Waals surface area (Å²) in [5, 5.41) is 9.27. The van der Waals surface area contributed by atoms with E-state index in [-0.39, 0.29) is 5.69 Å². The minimum Gasteiger partial charge on any atom is -0.395 e. The molecule has 0 bridgehead atoms. The molecule has 0 fully saturated rings. The average molecular weight is 276 g/mol. The predicted octanol–water partition coefficient (Wildman–Crippen LogP) is 2.64. The summed E-state index contributed by atoms with van der Waals surface area (Å²) in [7, 11) is 0. The number of carbonyl (C=O) groups is 1. The van der Waals surface area contributed by atoms with E-state index >= 15 is 0 Å². The highest BCUT2D eigenvalue weighted by atomic mass is 19.1. The Morgan fingerprint density at radius 3 is 2.85 bits per heavy atom. The van der Waals surface area contributed by atoms with Crippen LogP contribution in [0.2, 0.25) is 0 Å². The SMILES string of the molecule is CCCc1[nH]nc(C(=O)Nc2cc(C)cc(F)c2)c1N. The van der Waals surface area contributed by atoms with Gasteiger partial charge in [0.2, 0.25) is 0 Å². The fraction of sp³-hybridized carbons (Fsp3) is 0.286. The van der Waals surface area contributed by atoms with E-state index in [2.05, 4.69) is 15.5 Å². The third-order valence-corrected chi connectivity index (χ3v) is 2.90. The Kier molecular flexibility index (Phi) is 4.02. The van der Waals surface area contributed by atoms with Crippen molar-refractivity contribution in [1.82, 2.24) is 10.2 Å². The molecule has 0 radical (unpaired) electrons. The molecular weight excluding hydrogens is 259 g/mol. The average Bonchev–Trinajstić information content (AvgIpc) is 2.70. The van der Waals surface area contributed by atoms with Crippen molar-refractivity contribution in [3.05, 3.63) is 41.0 Å². The summed E-state index contributed by atoms with van der Waals surface area (Å²) >= 11 is 0. The number of benzene rings is 1. The second-order valence-corrected chi connectivity index (χ2v) is 4.69. The molecule has 0 atom stereocenters. The summed E-state index contributed by atoms with van der Waals surface area (Å²) in [5.41, 5.74) is 8.20. The standard InChI is InChI=1S/C14H17FN4O/c1-3-4-11-12(16)13(19-18-11)14(20)17-10-6-8(2)5-9(15)7-10/h5-7H,3-4,16H2,1-2H3,(H,17,20)(H,18,19). The van der Waals surface area contributed by atoms with Gasteiger partial charge in [-0.25, -0.2) is 4.39 Å². The molecule has 2 aromatic rings. The number of hydrogen-bond acceptors (Lipinski definition) is 3. The lowest BCUT2D eigenvalue weighted by Gasteiger charge is -2.05. The Labute approximate surface area is 116 Å². The number of rotatable bonds is 4. The molecule has 1 aromatic carbocycles. The Bertz CT molecular complexity index is 616. The molecule has 0 unspecified atom stereocenters. The number of carbonyl (C=O) groups excluding carboxylic acids is 1. The molecule has 2 rings (SSSR count). The zero-order chi connectivity index (χ0) is 14.7. The number of nitrogens with two attached hydrogens (primary N) is 1. The van der Waals surface area contributed by atoms with Crippen LogP contribution in [-0.4, -0.2) is 16.1 Å². The highest BCUT2D eigenvalue weighted by Gasteiger charge is 2.17. The Balaban J connectivity index is 2.19. The summed E-state index contributed by atoms with van der Waals surface area (Å²) in [6, 6.07) is 4.31. The van der Waals surface area contributed by atoms with Crippen LogP contribution in [-0.2, 0) is 6.42 Å². The molecule has 0 aliphatic carbocycles. The van der Waals surface area contributed by atoms with Crippen molar-refractivity contribution in [2.75, 3.05) is 11.1 Å². The highest BCUT2D eigenvalue weighted by molar-refractivity contribution is 6.06. The molecule has 0 aliphatic heterocycles. The monoisotopic (exact) mass is 276 g/mol. The van der Waals surface area contributed by atoms with E-state index in [0.29, 0.717) is 11.4 Å². The number of nitrogen functional groups attached to an aromatic ring is 1. The zero-order valence-corrected chi connectivity index (χ0v) is 11.5. The van der Waals surface area contributed by atoms with Crippen LogP contribution in [0.5, 0.6) is 0 Å². The topological polar surface area (TPSA) is 83.8 Å². The number of aromatic nitrogens is 2. The highest BCUT2D eigenvalue weighted by Crippen LogP contribution is 2.18. The number of anilines is 2. The van der Waals surface area contributed by atoms with Crippen LogP contribution in [0.25, 0.3) is 0 Å². The van der Waals surface area contributed by atoms with E-state index in [1.165, 1.54) is 12.1 Å². The van der Waals surface area contributed by atoms with Gasteiger partial charge in [-0.2, -0.15) is 5.10 Å². The predicted molar refractivity (Wildman–Crippen MR) is 76.1 cm³/mol. The number of aryl methyl sites for hydroxylation is 2. The van der Waals surface area contributed by atoms with Gasteiger partial charge in [-0.15, -0.1) is 0 Å². The number of H-pyrrole nitrogens is 1. The molecule has 1 aromatic heterocycles. The van der Waals surface area contributed by atoms with E-state index in [1.54, 1.807) is 13.0 Å². The molecule has 0 saturated carbocycles. The minimum absolute atomic E-state index is 0.135.